The monoisotopic (exact) mass is 684 g/mol. The fourth-order valence-corrected chi connectivity index (χ4v) is 8.46. The molecule has 1 N–H and O–H groups in total. The molecule has 8 nitrogen and oxygen atoms in total. The first-order valence-corrected chi connectivity index (χ1v) is 16.9. The summed E-state index contributed by atoms with van der Waals surface area (Å²) in [5.74, 6) is 1.49. The normalized spacial score (nSPS) is 17.9. The molecule has 0 saturated carbocycles. The quantitative estimate of drug-likeness (QED) is 0.156. The maximum absolute atomic E-state index is 12.9. The molecule has 46 heavy (non-hydrogen) atoms. The zero-order chi connectivity index (χ0) is 32.1. The van der Waals surface area contributed by atoms with E-state index in [1.165, 1.54) is 9.03 Å². The first-order chi connectivity index (χ1) is 22.4. The number of aryl methyl sites for hydroxylation is 1. The Morgan fingerprint density at radius 2 is 1.35 bits per heavy atom. The van der Waals surface area contributed by atoms with Crippen molar-refractivity contribution in [3.8, 4) is 11.5 Å². The first kappa shape index (κ1) is 31.6. The van der Waals surface area contributed by atoms with E-state index < -0.39 is 23.1 Å². The Labute approximate surface area is 274 Å². The number of nitrogens with one attached hydrogen (secondary N) is 1. The number of nitrogens with zero attached hydrogens (tertiary/aromatic N) is 1. The number of aromatic amines is 1. The Morgan fingerprint density at radius 1 is 0.804 bits per heavy atom. The molecule has 6 rings (SSSR count). The minimum atomic E-state index is -1.00. The van der Waals surface area contributed by atoms with Crippen LogP contribution in [0.2, 0.25) is 4.82 Å². The topological polar surface area (TPSA) is 91.8 Å². The molecule has 0 aliphatic carbocycles. The van der Waals surface area contributed by atoms with Crippen molar-refractivity contribution in [2.24, 2.45) is 0 Å². The summed E-state index contributed by atoms with van der Waals surface area (Å²) in [5, 5.41) is 0. The van der Waals surface area contributed by atoms with Gasteiger partial charge in [-0.3, -0.25) is 0 Å². The van der Waals surface area contributed by atoms with Crippen LogP contribution in [0.25, 0.3) is 0 Å². The van der Waals surface area contributed by atoms with Crippen LogP contribution in [0.5, 0.6) is 11.5 Å². The summed E-state index contributed by atoms with van der Waals surface area (Å²) in [6, 6.07) is 36.4. The molecule has 1 fully saturated rings. The van der Waals surface area contributed by atoms with Gasteiger partial charge in [0, 0.05) is 0 Å². The van der Waals surface area contributed by atoms with Crippen LogP contribution in [0, 0.1) is 6.92 Å². The molecule has 3 atom stereocenters. The fraction of sp³-hybridized carbons (Fsp3) is 0.243. The van der Waals surface area contributed by atoms with Crippen LogP contribution in [-0.2, 0) is 15.1 Å². The van der Waals surface area contributed by atoms with Crippen molar-refractivity contribution in [1.29, 1.82) is 0 Å². The SMILES string of the molecule is COc1ccc(C(OC[C@H]2O[C@@H](n3cc(C)c(=O)[nH]c3=O)C[C@@H]2[Se]c2ccccc2)(c2ccccc2)c2ccc(OC)cc2)cc1. The van der Waals surface area contributed by atoms with Gasteiger partial charge in [0.15, 0.2) is 0 Å². The molecular weight excluding hydrogens is 647 g/mol. The van der Waals surface area contributed by atoms with Crippen LogP contribution in [0.15, 0.2) is 125 Å². The van der Waals surface area contributed by atoms with Gasteiger partial charge in [-0.1, -0.05) is 0 Å². The van der Waals surface area contributed by atoms with Crippen LogP contribution >= 0.6 is 0 Å². The molecule has 0 radical (unpaired) electrons. The molecular formula is C37H36N2O6Se. The van der Waals surface area contributed by atoms with E-state index in [1.54, 1.807) is 27.3 Å². The summed E-state index contributed by atoms with van der Waals surface area (Å²) in [5.41, 5.74) is 1.39. The summed E-state index contributed by atoms with van der Waals surface area (Å²) < 4.78 is 27.6. The van der Waals surface area contributed by atoms with E-state index >= 15 is 0 Å². The van der Waals surface area contributed by atoms with Gasteiger partial charge in [0.05, 0.1) is 0 Å². The van der Waals surface area contributed by atoms with Crippen molar-refractivity contribution in [3.05, 3.63) is 158 Å². The van der Waals surface area contributed by atoms with E-state index in [9.17, 15) is 9.59 Å². The molecule has 4 aromatic carbocycles. The molecule has 1 aliphatic rings. The van der Waals surface area contributed by atoms with Gasteiger partial charge in [-0.2, -0.15) is 0 Å². The summed E-state index contributed by atoms with van der Waals surface area (Å²) in [6.07, 6.45) is 1.33. The van der Waals surface area contributed by atoms with Gasteiger partial charge in [0.1, 0.15) is 0 Å². The Hall–Kier alpha value is -4.40. The number of aromatic nitrogens is 2. The average molecular weight is 684 g/mol. The minimum absolute atomic E-state index is 0.0283. The van der Waals surface area contributed by atoms with Crippen molar-refractivity contribution >= 4 is 19.4 Å². The molecule has 236 valence electrons. The zero-order valence-corrected chi connectivity index (χ0v) is 27.6. The molecule has 9 heteroatoms. The maximum atomic E-state index is 12.9. The number of hydrogen-bond acceptors (Lipinski definition) is 6. The van der Waals surface area contributed by atoms with Crippen molar-refractivity contribution in [2.45, 2.75) is 36.1 Å². The van der Waals surface area contributed by atoms with Crippen LogP contribution in [0.3, 0.4) is 0 Å². The number of ether oxygens (including phenoxy) is 4. The predicted octanol–water partition coefficient (Wildman–Crippen LogP) is 4.98. The van der Waals surface area contributed by atoms with E-state index in [1.807, 2.05) is 84.9 Å². The third-order valence-corrected chi connectivity index (χ3v) is 11.1. The van der Waals surface area contributed by atoms with Crippen LogP contribution in [0.1, 0.15) is 34.9 Å². The third-order valence-electron chi connectivity index (χ3n) is 8.30. The average Bonchev–Trinajstić information content (AvgIpc) is 3.50. The summed E-state index contributed by atoms with van der Waals surface area (Å²) in [7, 11) is 3.30. The Morgan fingerprint density at radius 3 is 1.91 bits per heavy atom. The Kier molecular flexibility index (Phi) is 9.56. The molecule has 1 aromatic heterocycles. The van der Waals surface area contributed by atoms with Crippen LogP contribution in [0.4, 0.5) is 0 Å². The van der Waals surface area contributed by atoms with E-state index in [2.05, 4.69) is 29.2 Å². The van der Waals surface area contributed by atoms with E-state index in [0.29, 0.717) is 12.0 Å². The standard InChI is InChI=1S/C37H36N2O6Se/c1-25-23-39(36(41)38-35(25)40)34-22-33(46-31-12-8-5-9-13-31)32(45-34)24-44-37(26-10-6-4-7-11-26,27-14-18-29(42-2)19-15-27)28-16-20-30(43-3)21-17-28/h4-21,23,32-34H,22,24H2,1-3H3,(H,38,40,41)/t32-,33+,34-/m1/s1. The molecule has 5 aromatic rings. The summed E-state index contributed by atoms with van der Waals surface area (Å²) in [6.45, 7) is 1.94. The van der Waals surface area contributed by atoms with E-state index in [0.717, 1.165) is 28.2 Å². The summed E-state index contributed by atoms with van der Waals surface area (Å²) in [4.78, 5) is 27.6. The second kappa shape index (κ2) is 13.9. The van der Waals surface area contributed by atoms with Crippen LogP contribution < -0.4 is 25.2 Å². The van der Waals surface area contributed by atoms with Crippen molar-refractivity contribution in [2.75, 3.05) is 20.8 Å². The Balaban J connectivity index is 1.42. The predicted molar refractivity (Wildman–Crippen MR) is 178 cm³/mol. The van der Waals surface area contributed by atoms with Gasteiger partial charge in [-0.05, 0) is 0 Å². The zero-order valence-electron chi connectivity index (χ0n) is 25.9. The molecule has 1 aliphatic heterocycles. The Bertz CT molecular complexity index is 1810. The van der Waals surface area contributed by atoms with Crippen molar-refractivity contribution in [1.82, 2.24) is 9.55 Å². The second-order valence-corrected chi connectivity index (χ2v) is 13.9. The number of hydrogen-bond donors (Lipinski definition) is 1. The van der Waals surface area contributed by atoms with Crippen LogP contribution in [-0.4, -0.2) is 51.4 Å². The van der Waals surface area contributed by atoms with Gasteiger partial charge in [0.2, 0.25) is 0 Å². The number of methoxy groups -OCH3 is 2. The number of H-pyrrole nitrogens is 1. The molecule has 0 amide bonds. The number of benzene rings is 4. The second-order valence-electron chi connectivity index (χ2n) is 11.1. The molecule has 0 spiro atoms. The molecule has 0 bridgehead atoms. The molecule has 2 heterocycles. The van der Waals surface area contributed by atoms with Gasteiger partial charge in [-0.15, -0.1) is 0 Å². The molecule has 0 unspecified atom stereocenters. The van der Waals surface area contributed by atoms with E-state index in [-0.39, 0.29) is 32.5 Å². The summed E-state index contributed by atoms with van der Waals surface area (Å²) >= 11 is 0.0283. The number of rotatable bonds is 11. The third kappa shape index (κ3) is 6.46. The first-order valence-electron chi connectivity index (χ1n) is 15.1. The van der Waals surface area contributed by atoms with Gasteiger partial charge in [0.25, 0.3) is 0 Å². The molecule has 1 saturated heterocycles. The van der Waals surface area contributed by atoms with E-state index in [4.69, 9.17) is 18.9 Å². The van der Waals surface area contributed by atoms with Crippen molar-refractivity contribution < 1.29 is 18.9 Å². The van der Waals surface area contributed by atoms with Crippen molar-refractivity contribution in [3.63, 3.8) is 0 Å². The fourth-order valence-electron chi connectivity index (χ4n) is 5.90. The van der Waals surface area contributed by atoms with Gasteiger partial charge >= 0.3 is 275 Å². The van der Waals surface area contributed by atoms with Gasteiger partial charge in [-0.25, -0.2) is 0 Å². The van der Waals surface area contributed by atoms with Gasteiger partial charge < -0.3 is 0 Å².